The summed E-state index contributed by atoms with van der Waals surface area (Å²) in [5.74, 6) is 1.05. The average molecular weight is 567 g/mol. The molecule has 1 heterocycles. The quantitative estimate of drug-likeness (QED) is 0.117. The van der Waals surface area contributed by atoms with Crippen LogP contribution in [0.25, 0.3) is 22.0 Å². The van der Waals surface area contributed by atoms with Gasteiger partial charge in [-0.15, -0.1) is 0 Å². The molecule has 11 heteroatoms. The Morgan fingerprint density at radius 3 is 2.20 bits per heavy atom. The fraction of sp³-hybridized carbons (Fsp3) is 0.241. The Morgan fingerprint density at radius 1 is 0.950 bits per heavy atom. The highest BCUT2D eigenvalue weighted by molar-refractivity contribution is 7.59. The van der Waals surface area contributed by atoms with Gasteiger partial charge in [0.05, 0.1) is 46.4 Å². The van der Waals surface area contributed by atoms with Crippen LogP contribution >= 0.6 is 7.52 Å². The SMILES string of the molecule is CCOP(C)(=O)Nc1cc(-c2c(C(=O)c3cc(OC)c(OC)c(OC)c3)[nH]c3cccc(C=O)c23)ccc1OC. The Kier molecular flexibility index (Phi) is 8.52. The van der Waals surface area contributed by atoms with E-state index in [-0.39, 0.29) is 23.6 Å². The zero-order chi connectivity index (χ0) is 29.0. The van der Waals surface area contributed by atoms with Crippen LogP contribution in [0.5, 0.6) is 23.0 Å². The molecule has 2 N–H and O–H groups in total. The number of hydrogen-bond donors (Lipinski definition) is 2. The lowest BCUT2D eigenvalue weighted by Gasteiger charge is -2.19. The highest BCUT2D eigenvalue weighted by Crippen LogP contribution is 2.47. The minimum Gasteiger partial charge on any atom is -0.495 e. The second kappa shape index (κ2) is 11.9. The van der Waals surface area contributed by atoms with E-state index in [0.717, 1.165) is 6.29 Å². The number of H-pyrrole nitrogens is 1. The summed E-state index contributed by atoms with van der Waals surface area (Å²) >= 11 is 0. The van der Waals surface area contributed by atoms with Crippen LogP contribution in [0.2, 0.25) is 0 Å². The van der Waals surface area contributed by atoms with Gasteiger partial charge < -0.3 is 33.5 Å². The topological polar surface area (TPSA) is 125 Å². The zero-order valence-electron chi connectivity index (χ0n) is 23.1. The Morgan fingerprint density at radius 2 is 1.62 bits per heavy atom. The van der Waals surface area contributed by atoms with Gasteiger partial charge in [-0.05, 0) is 42.8 Å². The molecule has 0 saturated heterocycles. The molecule has 0 saturated carbocycles. The Bertz CT molecular complexity index is 1600. The second-order valence-electron chi connectivity index (χ2n) is 8.80. The van der Waals surface area contributed by atoms with E-state index in [2.05, 4.69) is 10.1 Å². The fourth-order valence-corrected chi connectivity index (χ4v) is 5.81. The van der Waals surface area contributed by atoms with Gasteiger partial charge in [0.2, 0.25) is 11.5 Å². The molecule has 4 rings (SSSR count). The first kappa shape index (κ1) is 28.7. The summed E-state index contributed by atoms with van der Waals surface area (Å²) in [6, 6.07) is 13.5. The fourth-order valence-electron chi connectivity index (χ4n) is 4.64. The summed E-state index contributed by atoms with van der Waals surface area (Å²) in [5.41, 5.74) is 2.98. The van der Waals surface area contributed by atoms with E-state index in [0.29, 0.717) is 56.3 Å². The number of nitrogens with one attached hydrogen (secondary N) is 2. The standard InChI is InChI=1S/C29H31N2O8P/c1-7-39-40(6,34)31-21-13-17(11-12-22(21)35-2)26-25-18(16-32)9-8-10-20(25)30-27(26)28(33)19-14-23(36-3)29(38-5)24(15-19)37-4/h8-16,30H,7H2,1-6H3,(H,31,34). The van der Waals surface area contributed by atoms with Crippen LogP contribution in [0, 0.1) is 0 Å². The van der Waals surface area contributed by atoms with Crippen LogP contribution in [0.15, 0.2) is 48.5 Å². The maximum absolute atomic E-state index is 14.1. The summed E-state index contributed by atoms with van der Waals surface area (Å²) in [6.45, 7) is 3.47. The second-order valence-corrected chi connectivity index (χ2v) is 11.0. The number of carbonyl (C=O) groups is 2. The zero-order valence-corrected chi connectivity index (χ0v) is 24.0. The molecule has 3 aromatic carbocycles. The molecule has 10 nitrogen and oxygen atoms in total. The third kappa shape index (κ3) is 5.41. The molecule has 0 radical (unpaired) electrons. The molecule has 1 aromatic heterocycles. The number of methoxy groups -OCH3 is 4. The molecule has 0 aliphatic rings. The predicted octanol–water partition coefficient (Wildman–Crippen LogP) is 6.18. The highest BCUT2D eigenvalue weighted by Gasteiger charge is 2.26. The van der Waals surface area contributed by atoms with Crippen molar-refractivity contribution in [2.45, 2.75) is 6.92 Å². The first-order valence-corrected chi connectivity index (χ1v) is 14.4. The van der Waals surface area contributed by atoms with Crippen LogP contribution in [-0.2, 0) is 9.09 Å². The third-order valence-electron chi connectivity index (χ3n) is 6.32. The highest BCUT2D eigenvalue weighted by atomic mass is 31.2. The molecule has 40 heavy (non-hydrogen) atoms. The van der Waals surface area contributed by atoms with E-state index >= 15 is 0 Å². The van der Waals surface area contributed by atoms with Crippen molar-refractivity contribution in [3.8, 4) is 34.1 Å². The van der Waals surface area contributed by atoms with Crippen molar-refractivity contribution < 1.29 is 37.6 Å². The van der Waals surface area contributed by atoms with Gasteiger partial charge in [-0.3, -0.25) is 14.2 Å². The number of rotatable bonds is 12. The van der Waals surface area contributed by atoms with Gasteiger partial charge in [-0.25, -0.2) is 0 Å². The third-order valence-corrected chi connectivity index (χ3v) is 7.72. The molecule has 0 bridgehead atoms. The maximum atomic E-state index is 14.1. The minimum absolute atomic E-state index is 0.235. The van der Waals surface area contributed by atoms with Gasteiger partial charge in [0, 0.05) is 34.3 Å². The first-order valence-electron chi connectivity index (χ1n) is 12.3. The number of benzene rings is 3. The first-order chi connectivity index (χ1) is 19.2. The molecular weight excluding hydrogens is 535 g/mol. The van der Waals surface area contributed by atoms with Crippen molar-refractivity contribution >= 4 is 36.2 Å². The molecule has 1 unspecified atom stereocenters. The summed E-state index contributed by atoms with van der Waals surface area (Å²) < 4.78 is 40.2. The van der Waals surface area contributed by atoms with E-state index in [9.17, 15) is 14.2 Å². The van der Waals surface area contributed by atoms with Crippen LogP contribution < -0.4 is 24.0 Å². The van der Waals surface area contributed by atoms with E-state index in [4.69, 9.17) is 23.5 Å². The largest absolute Gasteiger partial charge is 0.495 e. The number of hydrogen-bond acceptors (Lipinski definition) is 8. The number of anilines is 1. The number of aldehydes is 1. The molecule has 0 aliphatic carbocycles. The molecule has 0 aliphatic heterocycles. The van der Waals surface area contributed by atoms with Crippen molar-refractivity contribution in [3.05, 3.63) is 65.4 Å². The number of ketones is 1. The summed E-state index contributed by atoms with van der Waals surface area (Å²) in [6.07, 6.45) is 0.741. The van der Waals surface area contributed by atoms with E-state index in [1.165, 1.54) is 35.1 Å². The predicted molar refractivity (Wildman–Crippen MR) is 154 cm³/mol. The van der Waals surface area contributed by atoms with Crippen molar-refractivity contribution in [2.75, 3.05) is 46.8 Å². The van der Waals surface area contributed by atoms with Crippen LogP contribution in [0.4, 0.5) is 5.69 Å². The average Bonchev–Trinajstić information content (AvgIpc) is 3.35. The van der Waals surface area contributed by atoms with E-state index < -0.39 is 7.52 Å². The Balaban J connectivity index is 1.98. The number of aromatic nitrogens is 1. The summed E-state index contributed by atoms with van der Waals surface area (Å²) in [5, 5.41) is 3.50. The number of fused-ring (bicyclic) bond motifs is 1. The van der Waals surface area contributed by atoms with Crippen LogP contribution in [0.1, 0.15) is 33.3 Å². The van der Waals surface area contributed by atoms with Crippen LogP contribution in [-0.4, -0.2) is 58.8 Å². The molecule has 4 aromatic rings. The van der Waals surface area contributed by atoms with Crippen molar-refractivity contribution in [3.63, 3.8) is 0 Å². The summed E-state index contributed by atoms with van der Waals surface area (Å²) in [7, 11) is 2.70. The maximum Gasteiger partial charge on any atom is 0.290 e. The van der Waals surface area contributed by atoms with Gasteiger partial charge >= 0.3 is 0 Å². The van der Waals surface area contributed by atoms with Crippen molar-refractivity contribution in [2.24, 2.45) is 0 Å². The van der Waals surface area contributed by atoms with E-state index in [1.54, 1.807) is 55.5 Å². The Labute approximate surface area is 232 Å². The molecule has 0 fully saturated rings. The van der Waals surface area contributed by atoms with Crippen LogP contribution in [0.3, 0.4) is 0 Å². The smallest absolute Gasteiger partial charge is 0.290 e. The van der Waals surface area contributed by atoms with Gasteiger partial charge in [-0.2, -0.15) is 0 Å². The minimum atomic E-state index is -3.22. The molecule has 1 atom stereocenters. The number of aromatic amines is 1. The summed E-state index contributed by atoms with van der Waals surface area (Å²) in [4.78, 5) is 29.4. The van der Waals surface area contributed by atoms with Crippen molar-refractivity contribution in [1.82, 2.24) is 4.98 Å². The normalized spacial score (nSPS) is 12.4. The lowest BCUT2D eigenvalue weighted by atomic mass is 9.95. The van der Waals surface area contributed by atoms with Gasteiger partial charge in [0.1, 0.15) is 5.75 Å². The van der Waals surface area contributed by atoms with Gasteiger partial charge in [0.25, 0.3) is 7.52 Å². The van der Waals surface area contributed by atoms with E-state index in [1.807, 2.05) is 0 Å². The van der Waals surface area contributed by atoms with Crippen molar-refractivity contribution in [1.29, 1.82) is 0 Å². The lowest BCUT2D eigenvalue weighted by Crippen LogP contribution is -2.06. The molecule has 210 valence electrons. The van der Waals surface area contributed by atoms with Gasteiger partial charge in [-0.1, -0.05) is 18.2 Å². The number of carbonyl (C=O) groups excluding carboxylic acids is 2. The Hall–Kier alpha value is -4.27. The molecule has 0 amide bonds. The molecular formula is C29H31N2O8P. The lowest BCUT2D eigenvalue weighted by molar-refractivity contribution is 0.103. The van der Waals surface area contributed by atoms with Gasteiger partial charge in [0.15, 0.2) is 17.8 Å². The molecule has 0 spiro atoms. The monoisotopic (exact) mass is 566 g/mol. The number of ether oxygens (including phenoxy) is 4.